The number of rotatable bonds is 6. The monoisotopic (exact) mass is 342 g/mol. The molecule has 0 saturated heterocycles. The van der Waals surface area contributed by atoms with Crippen molar-refractivity contribution in [1.29, 1.82) is 0 Å². The van der Waals surface area contributed by atoms with Gasteiger partial charge >= 0.3 is 0 Å². The Labute approximate surface area is 144 Å². The van der Waals surface area contributed by atoms with Crippen LogP contribution in [0.3, 0.4) is 0 Å². The Kier molecular flexibility index (Phi) is 4.90. The molecule has 6 nitrogen and oxygen atoms in total. The predicted octanol–water partition coefficient (Wildman–Crippen LogP) is 3.22. The molecule has 1 N–H and O–H groups in total. The fraction of sp³-hybridized carbons (Fsp3) is 0.235. The molecule has 2 heterocycles. The van der Waals surface area contributed by atoms with Crippen LogP contribution in [-0.2, 0) is 0 Å². The van der Waals surface area contributed by atoms with Crippen molar-refractivity contribution in [2.45, 2.75) is 19.9 Å². The third-order valence-electron chi connectivity index (χ3n) is 3.46. The lowest BCUT2D eigenvalue weighted by atomic mass is 10.2. The first-order chi connectivity index (χ1) is 11.7. The summed E-state index contributed by atoms with van der Waals surface area (Å²) >= 11 is 1.61. The van der Waals surface area contributed by atoms with Crippen molar-refractivity contribution in [3.63, 3.8) is 0 Å². The van der Waals surface area contributed by atoms with Crippen molar-refractivity contribution >= 4 is 17.2 Å². The summed E-state index contributed by atoms with van der Waals surface area (Å²) in [6, 6.07) is 11.4. The average molecular weight is 342 g/mol. The molecule has 0 aliphatic carbocycles. The van der Waals surface area contributed by atoms with Gasteiger partial charge in [-0.2, -0.15) is 0 Å². The van der Waals surface area contributed by atoms with Crippen molar-refractivity contribution in [1.82, 2.24) is 20.3 Å². The molecule has 1 amide bonds. The maximum atomic E-state index is 12.3. The maximum Gasteiger partial charge on any atom is 0.273 e. The van der Waals surface area contributed by atoms with Crippen LogP contribution >= 0.6 is 11.3 Å². The maximum absolute atomic E-state index is 12.3. The van der Waals surface area contributed by atoms with E-state index in [4.69, 9.17) is 4.74 Å². The van der Waals surface area contributed by atoms with Crippen molar-refractivity contribution in [3.8, 4) is 11.4 Å². The third kappa shape index (κ3) is 3.62. The van der Waals surface area contributed by atoms with Gasteiger partial charge in [0.15, 0.2) is 5.69 Å². The minimum absolute atomic E-state index is 0.0619. The van der Waals surface area contributed by atoms with Crippen LogP contribution in [0.5, 0.6) is 5.75 Å². The minimum atomic E-state index is -0.243. The van der Waals surface area contributed by atoms with Gasteiger partial charge < -0.3 is 10.1 Å². The van der Waals surface area contributed by atoms with Crippen molar-refractivity contribution < 1.29 is 9.53 Å². The number of thiophene rings is 1. The van der Waals surface area contributed by atoms with E-state index < -0.39 is 0 Å². The molecule has 1 unspecified atom stereocenters. The van der Waals surface area contributed by atoms with Crippen LogP contribution in [0.15, 0.2) is 48.0 Å². The second-order valence-electron chi connectivity index (χ2n) is 5.19. The Hall–Kier alpha value is -2.67. The zero-order chi connectivity index (χ0) is 16.9. The van der Waals surface area contributed by atoms with Gasteiger partial charge in [0.1, 0.15) is 5.75 Å². The highest BCUT2D eigenvalue weighted by Crippen LogP contribution is 2.19. The average Bonchev–Trinajstić information content (AvgIpc) is 3.28. The van der Waals surface area contributed by atoms with E-state index in [1.165, 1.54) is 0 Å². The number of carbonyl (C=O) groups is 1. The Bertz CT molecular complexity index is 796. The van der Waals surface area contributed by atoms with Gasteiger partial charge in [0.05, 0.1) is 24.5 Å². The van der Waals surface area contributed by atoms with E-state index in [0.717, 1.165) is 16.3 Å². The first-order valence-electron chi connectivity index (χ1n) is 7.67. The molecule has 0 aliphatic heterocycles. The van der Waals surface area contributed by atoms with Gasteiger partial charge in [-0.15, -0.1) is 16.4 Å². The SMILES string of the molecule is CCOc1ccc(-n2cc(C(=O)NC(C)c3cccs3)nn2)cc1. The van der Waals surface area contributed by atoms with E-state index in [1.807, 2.05) is 55.6 Å². The fourth-order valence-corrected chi connectivity index (χ4v) is 2.97. The van der Waals surface area contributed by atoms with E-state index in [9.17, 15) is 4.79 Å². The number of hydrogen-bond donors (Lipinski definition) is 1. The van der Waals surface area contributed by atoms with Gasteiger partial charge in [-0.25, -0.2) is 4.68 Å². The number of hydrogen-bond acceptors (Lipinski definition) is 5. The molecule has 0 spiro atoms. The molecule has 7 heteroatoms. The summed E-state index contributed by atoms with van der Waals surface area (Å²) in [7, 11) is 0. The summed E-state index contributed by atoms with van der Waals surface area (Å²) in [6.07, 6.45) is 1.62. The Morgan fingerprint density at radius 3 is 2.79 bits per heavy atom. The number of carbonyl (C=O) groups excluding carboxylic acids is 1. The summed E-state index contributed by atoms with van der Waals surface area (Å²) in [5.41, 5.74) is 1.10. The lowest BCUT2D eigenvalue weighted by Crippen LogP contribution is -2.26. The largest absolute Gasteiger partial charge is 0.494 e. The van der Waals surface area contributed by atoms with E-state index in [1.54, 1.807) is 22.2 Å². The van der Waals surface area contributed by atoms with Gasteiger partial charge in [-0.1, -0.05) is 11.3 Å². The third-order valence-corrected chi connectivity index (χ3v) is 4.51. The van der Waals surface area contributed by atoms with Gasteiger partial charge in [-0.05, 0) is 49.6 Å². The van der Waals surface area contributed by atoms with Crippen LogP contribution in [0.25, 0.3) is 5.69 Å². The summed E-state index contributed by atoms with van der Waals surface area (Å²) < 4.78 is 6.98. The molecule has 0 radical (unpaired) electrons. The highest BCUT2D eigenvalue weighted by Gasteiger charge is 2.15. The number of nitrogens with one attached hydrogen (secondary N) is 1. The molecule has 0 aliphatic rings. The van der Waals surface area contributed by atoms with Gasteiger partial charge in [0.2, 0.25) is 0 Å². The quantitative estimate of drug-likeness (QED) is 0.747. The predicted molar refractivity (Wildman–Crippen MR) is 92.7 cm³/mol. The molecule has 1 atom stereocenters. The zero-order valence-corrected chi connectivity index (χ0v) is 14.3. The number of aromatic nitrogens is 3. The zero-order valence-electron chi connectivity index (χ0n) is 13.5. The second-order valence-corrected chi connectivity index (χ2v) is 6.17. The second kappa shape index (κ2) is 7.27. The number of nitrogens with zero attached hydrogens (tertiary/aromatic N) is 3. The molecule has 0 bridgehead atoms. The molecule has 1 aromatic carbocycles. The number of benzene rings is 1. The Morgan fingerprint density at radius 1 is 1.33 bits per heavy atom. The summed E-state index contributed by atoms with van der Waals surface area (Å²) in [5, 5.41) is 12.9. The topological polar surface area (TPSA) is 69.0 Å². The molecule has 0 fully saturated rings. The minimum Gasteiger partial charge on any atom is -0.494 e. The highest BCUT2D eigenvalue weighted by molar-refractivity contribution is 7.10. The van der Waals surface area contributed by atoms with Crippen molar-refractivity contribution in [2.75, 3.05) is 6.61 Å². The fourth-order valence-electron chi connectivity index (χ4n) is 2.24. The van der Waals surface area contributed by atoms with Crippen LogP contribution in [-0.4, -0.2) is 27.5 Å². The lowest BCUT2D eigenvalue weighted by Gasteiger charge is -2.10. The van der Waals surface area contributed by atoms with Gasteiger partial charge in [-0.3, -0.25) is 4.79 Å². The lowest BCUT2D eigenvalue weighted by molar-refractivity contribution is 0.0935. The van der Waals surface area contributed by atoms with Crippen LogP contribution in [0, 0.1) is 0 Å². The number of ether oxygens (including phenoxy) is 1. The van der Waals surface area contributed by atoms with Crippen LogP contribution in [0.1, 0.15) is 35.3 Å². The van der Waals surface area contributed by atoms with Crippen LogP contribution < -0.4 is 10.1 Å². The Morgan fingerprint density at radius 2 is 2.12 bits per heavy atom. The van der Waals surface area contributed by atoms with Gasteiger partial charge in [0, 0.05) is 4.88 Å². The normalized spacial score (nSPS) is 11.9. The van der Waals surface area contributed by atoms with Crippen LogP contribution in [0.4, 0.5) is 0 Å². The molecule has 124 valence electrons. The smallest absolute Gasteiger partial charge is 0.273 e. The van der Waals surface area contributed by atoms with Gasteiger partial charge in [0.25, 0.3) is 5.91 Å². The molecule has 3 rings (SSSR count). The van der Waals surface area contributed by atoms with E-state index in [-0.39, 0.29) is 17.6 Å². The van der Waals surface area contributed by atoms with E-state index >= 15 is 0 Å². The van der Waals surface area contributed by atoms with Crippen molar-refractivity contribution in [2.24, 2.45) is 0 Å². The summed E-state index contributed by atoms with van der Waals surface area (Å²) in [5.74, 6) is 0.553. The summed E-state index contributed by atoms with van der Waals surface area (Å²) in [6.45, 7) is 4.50. The molecule has 3 aromatic rings. The van der Waals surface area contributed by atoms with E-state index in [0.29, 0.717) is 6.61 Å². The Balaban J connectivity index is 1.69. The standard InChI is InChI=1S/C17H18N4O2S/c1-3-23-14-8-6-13(7-9-14)21-11-15(19-20-21)17(22)18-12(2)16-5-4-10-24-16/h4-12H,3H2,1-2H3,(H,18,22). The molecular weight excluding hydrogens is 324 g/mol. The van der Waals surface area contributed by atoms with Crippen LogP contribution in [0.2, 0.25) is 0 Å². The first kappa shape index (κ1) is 16.2. The molecular formula is C17H18N4O2S. The molecule has 24 heavy (non-hydrogen) atoms. The molecule has 0 saturated carbocycles. The first-order valence-corrected chi connectivity index (χ1v) is 8.55. The number of amides is 1. The summed E-state index contributed by atoms with van der Waals surface area (Å²) in [4.78, 5) is 13.4. The highest BCUT2D eigenvalue weighted by atomic mass is 32.1. The molecule has 2 aromatic heterocycles. The van der Waals surface area contributed by atoms with Crippen molar-refractivity contribution in [3.05, 3.63) is 58.5 Å². The van der Waals surface area contributed by atoms with E-state index in [2.05, 4.69) is 15.6 Å².